The zero-order valence-corrected chi connectivity index (χ0v) is 14.6. The van der Waals surface area contributed by atoms with Crippen molar-refractivity contribution in [3.05, 3.63) is 46.6 Å². The number of aromatic amines is 2. The molecule has 25 heavy (non-hydrogen) atoms. The van der Waals surface area contributed by atoms with Crippen LogP contribution in [-0.2, 0) is 4.74 Å². The highest BCUT2D eigenvalue weighted by Gasteiger charge is 2.17. The first-order chi connectivity index (χ1) is 11.7. The van der Waals surface area contributed by atoms with Crippen molar-refractivity contribution < 1.29 is 9.53 Å². The Labute approximate surface area is 144 Å². The van der Waals surface area contributed by atoms with Gasteiger partial charge in [0, 0.05) is 17.4 Å². The molecular weight excluding hydrogens is 320 g/mol. The van der Waals surface area contributed by atoms with Crippen LogP contribution in [0, 0.1) is 6.92 Å². The van der Waals surface area contributed by atoms with E-state index in [-0.39, 0.29) is 5.56 Å². The molecule has 7 heteroatoms. The number of ether oxygens (including phenoxy) is 1. The Morgan fingerprint density at radius 2 is 1.96 bits per heavy atom. The second kappa shape index (κ2) is 6.08. The summed E-state index contributed by atoms with van der Waals surface area (Å²) in [5, 5.41) is 3.21. The van der Waals surface area contributed by atoms with Crippen LogP contribution in [0.3, 0.4) is 0 Å². The second-order valence-corrected chi connectivity index (χ2v) is 6.87. The van der Waals surface area contributed by atoms with Crippen molar-refractivity contribution >= 4 is 22.8 Å². The standard InChI is InChI=1S/C18H20N4O3/c1-10-5-11(7-12(6-10)22-17(24)25-18(2,3)4)13-8-19-15-14(13)16(23)21-9-20-15/h5-9H,1-4H3,(H,22,24)(H2,19,20,21,23). The highest BCUT2D eigenvalue weighted by atomic mass is 16.6. The van der Waals surface area contributed by atoms with E-state index in [2.05, 4.69) is 20.3 Å². The Bertz CT molecular complexity index is 995. The van der Waals surface area contributed by atoms with Crippen molar-refractivity contribution in [2.24, 2.45) is 0 Å². The monoisotopic (exact) mass is 340 g/mol. The molecule has 0 spiro atoms. The molecule has 0 fully saturated rings. The van der Waals surface area contributed by atoms with Crippen LogP contribution in [-0.4, -0.2) is 26.6 Å². The van der Waals surface area contributed by atoms with Gasteiger partial charge < -0.3 is 14.7 Å². The van der Waals surface area contributed by atoms with Crippen molar-refractivity contribution in [3.8, 4) is 11.1 Å². The SMILES string of the molecule is Cc1cc(NC(=O)OC(C)(C)C)cc(-c2c[nH]c3nc[nH]c(=O)c23)c1. The van der Waals surface area contributed by atoms with Crippen LogP contribution in [0.5, 0.6) is 0 Å². The Balaban J connectivity index is 1.99. The van der Waals surface area contributed by atoms with E-state index in [1.807, 2.05) is 19.1 Å². The van der Waals surface area contributed by atoms with Crippen LogP contribution < -0.4 is 10.9 Å². The number of benzene rings is 1. The first-order valence-electron chi connectivity index (χ1n) is 7.90. The normalized spacial score (nSPS) is 11.5. The minimum absolute atomic E-state index is 0.218. The van der Waals surface area contributed by atoms with Gasteiger partial charge in [-0.1, -0.05) is 6.07 Å². The van der Waals surface area contributed by atoms with Crippen LogP contribution in [0.4, 0.5) is 10.5 Å². The predicted octanol–water partition coefficient (Wildman–Crippen LogP) is 3.57. The fourth-order valence-electron chi connectivity index (χ4n) is 2.63. The summed E-state index contributed by atoms with van der Waals surface area (Å²) in [6.45, 7) is 7.33. The summed E-state index contributed by atoms with van der Waals surface area (Å²) in [5.41, 5.74) is 2.78. The van der Waals surface area contributed by atoms with E-state index in [9.17, 15) is 9.59 Å². The molecule has 0 bridgehead atoms. The van der Waals surface area contributed by atoms with Crippen molar-refractivity contribution in [1.82, 2.24) is 15.0 Å². The van der Waals surface area contributed by atoms with Gasteiger partial charge in [0.25, 0.3) is 5.56 Å². The number of carbonyl (C=O) groups excluding carboxylic acids is 1. The van der Waals surface area contributed by atoms with Gasteiger partial charge in [0.2, 0.25) is 0 Å². The van der Waals surface area contributed by atoms with Gasteiger partial charge in [0.15, 0.2) is 0 Å². The lowest BCUT2D eigenvalue weighted by Gasteiger charge is -2.20. The van der Waals surface area contributed by atoms with Crippen LogP contribution in [0.25, 0.3) is 22.2 Å². The van der Waals surface area contributed by atoms with Crippen LogP contribution in [0.15, 0.2) is 35.5 Å². The van der Waals surface area contributed by atoms with E-state index in [0.717, 1.165) is 16.7 Å². The summed E-state index contributed by atoms with van der Waals surface area (Å²) in [7, 11) is 0. The Morgan fingerprint density at radius 3 is 2.68 bits per heavy atom. The van der Waals surface area contributed by atoms with Gasteiger partial charge in [0.1, 0.15) is 11.2 Å². The first-order valence-corrected chi connectivity index (χ1v) is 7.90. The second-order valence-electron chi connectivity index (χ2n) is 6.87. The lowest BCUT2D eigenvalue weighted by atomic mass is 10.0. The number of H-pyrrole nitrogens is 2. The molecular formula is C18H20N4O3. The van der Waals surface area contributed by atoms with Crippen LogP contribution >= 0.6 is 0 Å². The number of carbonyl (C=O) groups is 1. The largest absolute Gasteiger partial charge is 0.444 e. The summed E-state index contributed by atoms with van der Waals surface area (Å²) in [4.78, 5) is 33.8. The van der Waals surface area contributed by atoms with Gasteiger partial charge >= 0.3 is 6.09 Å². The van der Waals surface area contributed by atoms with Gasteiger partial charge in [-0.25, -0.2) is 9.78 Å². The third-order valence-electron chi connectivity index (χ3n) is 3.51. The predicted molar refractivity (Wildman–Crippen MR) is 96.7 cm³/mol. The average molecular weight is 340 g/mol. The molecule has 3 aromatic rings. The van der Waals surface area contributed by atoms with Gasteiger partial charge in [-0.3, -0.25) is 10.1 Å². The topological polar surface area (TPSA) is 99.9 Å². The molecule has 2 heterocycles. The fraction of sp³-hybridized carbons (Fsp3) is 0.278. The maximum atomic E-state index is 12.1. The molecule has 0 radical (unpaired) electrons. The maximum absolute atomic E-state index is 12.1. The molecule has 3 N–H and O–H groups in total. The number of hydrogen-bond acceptors (Lipinski definition) is 4. The molecule has 0 unspecified atom stereocenters. The molecule has 0 aliphatic carbocycles. The smallest absolute Gasteiger partial charge is 0.412 e. The van der Waals surface area contributed by atoms with E-state index in [1.165, 1.54) is 6.33 Å². The van der Waals surface area contributed by atoms with Gasteiger partial charge in [-0.15, -0.1) is 0 Å². The number of hydrogen-bond donors (Lipinski definition) is 3. The van der Waals surface area contributed by atoms with Crippen molar-refractivity contribution in [3.63, 3.8) is 0 Å². The van der Waals surface area contributed by atoms with E-state index in [4.69, 9.17) is 4.74 Å². The highest BCUT2D eigenvalue weighted by Crippen LogP contribution is 2.29. The van der Waals surface area contributed by atoms with E-state index in [1.54, 1.807) is 33.0 Å². The number of aryl methyl sites for hydroxylation is 1. The maximum Gasteiger partial charge on any atom is 0.412 e. The molecule has 7 nitrogen and oxygen atoms in total. The number of aromatic nitrogens is 3. The summed E-state index contributed by atoms with van der Waals surface area (Å²) < 4.78 is 5.28. The molecule has 130 valence electrons. The molecule has 0 saturated heterocycles. The fourth-order valence-corrected chi connectivity index (χ4v) is 2.63. The minimum Gasteiger partial charge on any atom is -0.444 e. The van der Waals surface area contributed by atoms with Crippen molar-refractivity contribution in [2.45, 2.75) is 33.3 Å². The van der Waals surface area contributed by atoms with Gasteiger partial charge in [0.05, 0.1) is 11.7 Å². The summed E-state index contributed by atoms with van der Waals surface area (Å²) in [5.74, 6) is 0. The lowest BCUT2D eigenvalue weighted by Crippen LogP contribution is -2.27. The molecule has 1 aromatic carbocycles. The third kappa shape index (κ3) is 3.71. The Morgan fingerprint density at radius 1 is 1.20 bits per heavy atom. The molecule has 0 aliphatic rings. The van der Waals surface area contributed by atoms with Crippen LogP contribution in [0.1, 0.15) is 26.3 Å². The highest BCUT2D eigenvalue weighted by molar-refractivity contribution is 5.94. The van der Waals surface area contributed by atoms with Crippen molar-refractivity contribution in [2.75, 3.05) is 5.32 Å². The van der Waals surface area contributed by atoms with Crippen LogP contribution in [0.2, 0.25) is 0 Å². The molecule has 0 saturated carbocycles. The number of fused-ring (bicyclic) bond motifs is 1. The third-order valence-corrected chi connectivity index (χ3v) is 3.51. The van der Waals surface area contributed by atoms with Crippen molar-refractivity contribution in [1.29, 1.82) is 0 Å². The Hall–Kier alpha value is -3.09. The minimum atomic E-state index is -0.577. The lowest BCUT2D eigenvalue weighted by molar-refractivity contribution is 0.0636. The molecule has 1 amide bonds. The molecule has 2 aromatic heterocycles. The van der Waals surface area contributed by atoms with Gasteiger partial charge in [-0.05, 0) is 51.0 Å². The van der Waals surface area contributed by atoms with E-state index < -0.39 is 11.7 Å². The van der Waals surface area contributed by atoms with E-state index >= 15 is 0 Å². The zero-order chi connectivity index (χ0) is 18.2. The zero-order valence-electron chi connectivity index (χ0n) is 14.6. The first kappa shape index (κ1) is 16.8. The molecule has 0 aliphatic heterocycles. The summed E-state index contributed by atoms with van der Waals surface area (Å²) in [6.07, 6.45) is 2.57. The van der Waals surface area contributed by atoms with Gasteiger partial charge in [-0.2, -0.15) is 0 Å². The summed E-state index contributed by atoms with van der Waals surface area (Å²) >= 11 is 0. The number of nitrogens with one attached hydrogen (secondary N) is 3. The number of amides is 1. The number of rotatable bonds is 2. The quantitative estimate of drug-likeness (QED) is 0.664. The number of anilines is 1. The number of nitrogens with zero attached hydrogens (tertiary/aromatic N) is 1. The summed E-state index contributed by atoms with van der Waals surface area (Å²) in [6, 6.07) is 5.58. The molecule has 3 rings (SSSR count). The Kier molecular flexibility index (Phi) is 4.08. The average Bonchev–Trinajstić information content (AvgIpc) is 2.89. The van der Waals surface area contributed by atoms with E-state index in [0.29, 0.717) is 16.7 Å². The molecule has 0 atom stereocenters.